The third kappa shape index (κ3) is 2.79. The van der Waals surface area contributed by atoms with E-state index in [1.165, 1.54) is 0 Å². The van der Waals surface area contributed by atoms with E-state index in [0.29, 0.717) is 12.8 Å². The van der Waals surface area contributed by atoms with Crippen LogP contribution >= 0.6 is 0 Å². The van der Waals surface area contributed by atoms with E-state index < -0.39 is 33.0 Å². The summed E-state index contributed by atoms with van der Waals surface area (Å²) in [4.78, 5) is 11.3. The molecule has 3 N–H and O–H groups in total. The van der Waals surface area contributed by atoms with E-state index in [4.69, 9.17) is 10.8 Å². The number of rotatable bonds is 3. The highest BCUT2D eigenvalue weighted by molar-refractivity contribution is 7.92. The van der Waals surface area contributed by atoms with Gasteiger partial charge in [-0.3, -0.25) is 4.79 Å². The molecule has 6 heteroatoms. The Kier molecular flexibility index (Phi) is 3.91. The largest absolute Gasteiger partial charge is 0.481 e. The maximum absolute atomic E-state index is 12.4. The molecule has 1 aliphatic carbocycles. The number of hydrogen-bond acceptors (Lipinski definition) is 4. The number of sulfone groups is 1. The van der Waals surface area contributed by atoms with E-state index in [9.17, 15) is 13.2 Å². The van der Waals surface area contributed by atoms with Crippen molar-refractivity contribution in [1.29, 1.82) is 0 Å². The number of nitrogens with two attached hydrogens (primary N) is 1. The van der Waals surface area contributed by atoms with Gasteiger partial charge in [-0.1, -0.05) is 18.2 Å². The molecule has 1 fully saturated rings. The number of hydrogen-bond donors (Lipinski definition) is 2. The second kappa shape index (κ2) is 5.30. The molecule has 0 heterocycles. The number of carbonyl (C=O) groups is 1. The fourth-order valence-electron chi connectivity index (χ4n) is 2.52. The lowest BCUT2D eigenvalue weighted by Crippen LogP contribution is -2.44. The second-order valence-electron chi connectivity index (χ2n) is 4.90. The minimum atomic E-state index is -3.47. The van der Waals surface area contributed by atoms with Crippen LogP contribution in [0.2, 0.25) is 0 Å². The lowest BCUT2D eigenvalue weighted by atomic mass is 9.85. The fraction of sp³-hybridized carbons (Fsp3) is 0.462. The van der Waals surface area contributed by atoms with Gasteiger partial charge in [-0.05, 0) is 31.4 Å². The van der Waals surface area contributed by atoms with Gasteiger partial charge in [0.05, 0.1) is 16.1 Å². The molecule has 5 nitrogen and oxygen atoms in total. The molecular formula is C13H17NO4S. The van der Waals surface area contributed by atoms with Gasteiger partial charge in [-0.25, -0.2) is 8.42 Å². The lowest BCUT2D eigenvalue weighted by Gasteiger charge is -2.31. The molecule has 2 rings (SSSR count). The van der Waals surface area contributed by atoms with E-state index in [1.54, 1.807) is 30.3 Å². The Morgan fingerprint density at radius 3 is 2.42 bits per heavy atom. The summed E-state index contributed by atoms with van der Waals surface area (Å²) < 4.78 is 24.9. The SMILES string of the molecule is NC1CCC(S(=O)(=O)c2ccccc2)CC1C(=O)O. The van der Waals surface area contributed by atoms with E-state index >= 15 is 0 Å². The van der Waals surface area contributed by atoms with Crippen molar-refractivity contribution in [2.24, 2.45) is 11.7 Å². The molecule has 0 spiro atoms. The molecule has 0 saturated heterocycles. The molecule has 0 bridgehead atoms. The first-order valence-electron chi connectivity index (χ1n) is 6.20. The average molecular weight is 283 g/mol. The van der Waals surface area contributed by atoms with Gasteiger partial charge in [0, 0.05) is 6.04 Å². The van der Waals surface area contributed by atoms with Gasteiger partial charge >= 0.3 is 5.97 Å². The summed E-state index contributed by atoms with van der Waals surface area (Å²) in [5.74, 6) is -1.79. The molecule has 1 aromatic rings. The molecule has 3 unspecified atom stereocenters. The van der Waals surface area contributed by atoms with Crippen molar-refractivity contribution in [2.75, 3.05) is 0 Å². The van der Waals surface area contributed by atoms with Crippen LogP contribution < -0.4 is 5.73 Å². The Labute approximate surface area is 112 Å². The van der Waals surface area contributed by atoms with Crippen LogP contribution in [-0.4, -0.2) is 30.8 Å². The monoisotopic (exact) mass is 283 g/mol. The third-order valence-corrected chi connectivity index (χ3v) is 5.92. The van der Waals surface area contributed by atoms with Crippen molar-refractivity contribution < 1.29 is 18.3 Å². The van der Waals surface area contributed by atoms with Crippen LogP contribution in [0.4, 0.5) is 0 Å². The predicted octanol–water partition coefficient (Wildman–Crippen LogP) is 1.04. The summed E-state index contributed by atoms with van der Waals surface area (Å²) in [7, 11) is -3.47. The molecule has 3 atom stereocenters. The zero-order chi connectivity index (χ0) is 14.0. The molecule has 1 aliphatic rings. The van der Waals surface area contributed by atoms with Gasteiger partial charge in [-0.15, -0.1) is 0 Å². The van der Waals surface area contributed by atoms with Crippen LogP contribution in [0, 0.1) is 5.92 Å². The van der Waals surface area contributed by atoms with Crippen LogP contribution in [0.25, 0.3) is 0 Å². The second-order valence-corrected chi connectivity index (χ2v) is 7.13. The fourth-order valence-corrected chi connectivity index (χ4v) is 4.35. The number of carboxylic acids is 1. The molecule has 0 aromatic heterocycles. The van der Waals surface area contributed by atoms with E-state index in [2.05, 4.69) is 0 Å². The minimum Gasteiger partial charge on any atom is -0.481 e. The summed E-state index contributed by atoms with van der Waals surface area (Å²) in [6.45, 7) is 0. The zero-order valence-electron chi connectivity index (χ0n) is 10.4. The van der Waals surface area contributed by atoms with E-state index in [0.717, 1.165) is 0 Å². The summed E-state index contributed by atoms with van der Waals surface area (Å²) in [6.07, 6.45) is 0.934. The molecule has 104 valence electrons. The van der Waals surface area contributed by atoms with Gasteiger partial charge in [0.2, 0.25) is 0 Å². The summed E-state index contributed by atoms with van der Waals surface area (Å²) in [5, 5.41) is 8.43. The van der Waals surface area contributed by atoms with Crippen molar-refractivity contribution in [3.05, 3.63) is 30.3 Å². The predicted molar refractivity (Wildman–Crippen MR) is 70.4 cm³/mol. The molecule has 19 heavy (non-hydrogen) atoms. The van der Waals surface area contributed by atoms with Crippen molar-refractivity contribution >= 4 is 15.8 Å². The summed E-state index contributed by atoms with van der Waals surface area (Å²) >= 11 is 0. The molecule has 0 radical (unpaired) electrons. The van der Waals surface area contributed by atoms with Crippen molar-refractivity contribution in [3.8, 4) is 0 Å². The van der Waals surface area contributed by atoms with E-state index in [1.807, 2.05) is 0 Å². The van der Waals surface area contributed by atoms with Crippen LogP contribution in [0.5, 0.6) is 0 Å². The normalized spacial score (nSPS) is 27.9. The maximum atomic E-state index is 12.4. The molecule has 1 aromatic carbocycles. The first-order valence-corrected chi connectivity index (χ1v) is 7.75. The smallest absolute Gasteiger partial charge is 0.308 e. The highest BCUT2D eigenvalue weighted by atomic mass is 32.2. The quantitative estimate of drug-likeness (QED) is 0.863. The topological polar surface area (TPSA) is 97.5 Å². The van der Waals surface area contributed by atoms with Crippen LogP contribution in [0.15, 0.2) is 35.2 Å². The number of aliphatic carboxylic acids is 1. The number of carboxylic acid groups (broad SMARTS) is 1. The van der Waals surface area contributed by atoms with Crippen molar-refractivity contribution in [1.82, 2.24) is 0 Å². The van der Waals surface area contributed by atoms with E-state index in [-0.39, 0.29) is 11.3 Å². The van der Waals surface area contributed by atoms with Gasteiger partial charge < -0.3 is 10.8 Å². The first kappa shape index (κ1) is 14.0. The Bertz CT molecular complexity index is 555. The lowest BCUT2D eigenvalue weighted by molar-refractivity contribution is -0.143. The number of benzene rings is 1. The first-order chi connectivity index (χ1) is 8.93. The minimum absolute atomic E-state index is 0.0910. The average Bonchev–Trinajstić information content (AvgIpc) is 2.39. The zero-order valence-corrected chi connectivity index (χ0v) is 11.2. The molecular weight excluding hydrogens is 266 g/mol. The summed E-state index contributed by atoms with van der Waals surface area (Å²) in [5.41, 5.74) is 5.75. The van der Waals surface area contributed by atoms with Gasteiger partial charge in [-0.2, -0.15) is 0 Å². The van der Waals surface area contributed by atoms with Gasteiger partial charge in [0.15, 0.2) is 9.84 Å². The van der Waals surface area contributed by atoms with Crippen molar-refractivity contribution in [3.63, 3.8) is 0 Å². The Morgan fingerprint density at radius 2 is 1.84 bits per heavy atom. The third-order valence-electron chi connectivity index (χ3n) is 3.68. The highest BCUT2D eigenvalue weighted by Crippen LogP contribution is 2.31. The Hall–Kier alpha value is -1.40. The van der Waals surface area contributed by atoms with Crippen molar-refractivity contribution in [2.45, 2.75) is 35.4 Å². The van der Waals surface area contributed by atoms with Gasteiger partial charge in [0.1, 0.15) is 0 Å². The van der Waals surface area contributed by atoms with Gasteiger partial charge in [0.25, 0.3) is 0 Å². The molecule has 1 saturated carbocycles. The standard InChI is InChI=1S/C13H17NO4S/c14-12-7-6-10(8-11(12)13(15)16)19(17,18)9-4-2-1-3-5-9/h1-5,10-12H,6-8,14H2,(H,15,16). The Balaban J connectivity index is 2.25. The van der Waals surface area contributed by atoms with Crippen LogP contribution in [0.3, 0.4) is 0 Å². The Morgan fingerprint density at radius 1 is 1.21 bits per heavy atom. The maximum Gasteiger partial charge on any atom is 0.308 e. The van der Waals surface area contributed by atoms with Crippen LogP contribution in [0.1, 0.15) is 19.3 Å². The highest BCUT2D eigenvalue weighted by Gasteiger charge is 2.39. The summed E-state index contributed by atoms with van der Waals surface area (Å²) in [6, 6.07) is 7.70. The molecule has 0 aliphatic heterocycles. The van der Waals surface area contributed by atoms with Crippen LogP contribution in [-0.2, 0) is 14.6 Å². The molecule has 0 amide bonds.